The molecule has 0 spiro atoms. The van der Waals surface area contributed by atoms with Crippen LogP contribution in [0.3, 0.4) is 0 Å². The molecule has 0 aromatic carbocycles. The Morgan fingerprint density at radius 3 is 0.892 bits per heavy atom. The molecular weight excluding hydrogens is 937 g/mol. The lowest BCUT2D eigenvalue weighted by Gasteiger charge is -2.53. The monoisotopic (exact) mass is 1050 g/mol. The maximum absolute atomic E-state index is 15.6. The van der Waals surface area contributed by atoms with Gasteiger partial charge in [-0.1, -0.05) is 259 Å². The van der Waals surface area contributed by atoms with Crippen molar-refractivity contribution in [3.05, 3.63) is 43.8 Å². The second-order valence-corrected chi connectivity index (χ2v) is 28.9. The van der Waals surface area contributed by atoms with Crippen LogP contribution < -0.4 is 0 Å². The molecule has 12 unspecified atom stereocenters. The second-order valence-electron chi connectivity index (χ2n) is 26.2. The van der Waals surface area contributed by atoms with Gasteiger partial charge in [-0.3, -0.25) is 9.59 Å². The fraction of sp³-hybridized carbons (Fsp3) is 0.857. The number of fused-ring (bicyclic) bond motifs is 5. The maximum atomic E-state index is 15.6. The van der Waals surface area contributed by atoms with Crippen molar-refractivity contribution in [1.82, 2.24) is 0 Å². The highest BCUT2D eigenvalue weighted by Crippen LogP contribution is 2.65. The van der Waals surface area contributed by atoms with E-state index in [-0.39, 0.29) is 23.7 Å². The summed E-state index contributed by atoms with van der Waals surface area (Å²) in [6.07, 6.45) is 57.2. The van der Waals surface area contributed by atoms with Crippen LogP contribution in [0.25, 0.3) is 0 Å². The van der Waals surface area contributed by atoms with Crippen molar-refractivity contribution in [3.8, 4) is 0 Å². The van der Waals surface area contributed by atoms with Crippen molar-refractivity contribution < 1.29 is 9.59 Å². The third kappa shape index (κ3) is 19.5. The van der Waals surface area contributed by atoms with Gasteiger partial charge in [0.2, 0.25) is 0 Å². The normalized spacial score (nSPS) is 26.4. The van der Waals surface area contributed by atoms with Gasteiger partial charge in [0.1, 0.15) is 11.6 Å². The smallest absolute Gasteiger partial charge is 0.144 e. The molecule has 4 aliphatic carbocycles. The van der Waals surface area contributed by atoms with E-state index in [0.717, 1.165) is 24.7 Å². The number of carbonyl (C=O) groups is 2. The molecule has 4 saturated carbocycles. The van der Waals surface area contributed by atoms with E-state index in [1.807, 2.05) is 22.7 Å². The van der Waals surface area contributed by atoms with Gasteiger partial charge in [-0.15, -0.1) is 22.7 Å². The molecule has 6 rings (SSSR count). The fourth-order valence-electron chi connectivity index (χ4n) is 16.4. The van der Waals surface area contributed by atoms with Crippen LogP contribution in [0.1, 0.15) is 329 Å². The summed E-state index contributed by atoms with van der Waals surface area (Å²) in [4.78, 5) is 36.5. The molecule has 2 aromatic rings. The zero-order valence-electron chi connectivity index (χ0n) is 49.6. The van der Waals surface area contributed by atoms with Crippen molar-refractivity contribution in [2.45, 2.75) is 323 Å². The predicted molar refractivity (Wildman–Crippen MR) is 325 cm³/mol. The number of hydrogen-bond acceptors (Lipinski definition) is 4. The lowest BCUT2D eigenvalue weighted by molar-refractivity contribution is -0.139. The predicted octanol–water partition coefficient (Wildman–Crippen LogP) is 23.1. The first-order valence-corrected chi connectivity index (χ1v) is 35.1. The van der Waals surface area contributed by atoms with E-state index in [4.69, 9.17) is 0 Å². The molecule has 4 heteroatoms. The Balaban J connectivity index is 1.23. The van der Waals surface area contributed by atoms with E-state index in [1.165, 1.54) is 276 Å². The Morgan fingerprint density at radius 1 is 0.365 bits per heavy atom. The van der Waals surface area contributed by atoms with Crippen LogP contribution in [0.15, 0.2) is 24.3 Å². The summed E-state index contributed by atoms with van der Waals surface area (Å²) in [5.41, 5.74) is 0. The SMILES string of the molecule is CCCCCCCCCCCCC(CCCCCCCC)CC1CC2C(CC(CC(CCCCCCCC)CCCCCCCCCCCC)C3CC(c4ccc(C)s4)C(=O)C32)C2C(=O)C(c3ccc(C)s3)CC12. The van der Waals surface area contributed by atoms with E-state index < -0.39 is 0 Å². The minimum atomic E-state index is 0.0676. The number of rotatable bonds is 42. The Morgan fingerprint density at radius 2 is 0.635 bits per heavy atom. The fourth-order valence-corrected chi connectivity index (χ4v) is 18.4. The largest absolute Gasteiger partial charge is 0.299 e. The minimum Gasteiger partial charge on any atom is -0.299 e. The summed E-state index contributed by atoms with van der Waals surface area (Å²) in [5.74, 6) is 6.07. The van der Waals surface area contributed by atoms with Crippen LogP contribution in [-0.2, 0) is 9.59 Å². The number of aryl methyl sites for hydroxylation is 2. The second kappa shape index (κ2) is 35.4. The third-order valence-corrected chi connectivity index (χ3v) is 22.7. The molecule has 0 saturated heterocycles. The number of unbranched alkanes of at least 4 members (excludes halogenated alkanes) is 28. The highest BCUT2D eigenvalue weighted by molar-refractivity contribution is 7.12. The van der Waals surface area contributed by atoms with Crippen molar-refractivity contribution in [1.29, 1.82) is 0 Å². The standard InChI is InChI=1S/C70H118O2S2/c1-7-11-15-19-23-25-27-29-33-37-41-55(39-35-31-21-17-13-9-3)47-57-49-61-62(67-59(57)51-63(69(67)71)65-45-43-53(5)73-65)50-58(60-52-64(70(72)68(60)61)66-46-44-54(6)74-66)48-56(40-36-32-22-18-14-10-4)42-38-34-30-28-26-24-20-16-12-8-2/h43-46,55-64,67-68H,7-42,47-52H2,1-6H3. The number of Topliss-reactive ketones (excluding diaryl/α,β-unsaturated/α-hetero) is 2. The molecule has 2 nitrogen and oxygen atoms in total. The number of carbonyl (C=O) groups excluding carboxylic acids is 2. The topological polar surface area (TPSA) is 34.1 Å². The van der Waals surface area contributed by atoms with E-state index in [1.54, 1.807) is 0 Å². The molecule has 12 atom stereocenters. The van der Waals surface area contributed by atoms with Gasteiger partial charge < -0.3 is 0 Å². The molecule has 0 N–H and O–H groups in total. The molecule has 2 heterocycles. The van der Waals surface area contributed by atoms with Gasteiger partial charge in [0.05, 0.1) is 11.8 Å². The highest BCUT2D eigenvalue weighted by atomic mass is 32.1. The van der Waals surface area contributed by atoms with E-state index in [0.29, 0.717) is 47.1 Å². The van der Waals surface area contributed by atoms with Crippen LogP contribution in [0.4, 0.5) is 0 Å². The van der Waals surface area contributed by atoms with Gasteiger partial charge in [0.15, 0.2) is 0 Å². The molecular formula is C70H118O2S2. The van der Waals surface area contributed by atoms with Crippen molar-refractivity contribution >= 4 is 34.2 Å². The van der Waals surface area contributed by atoms with Crippen LogP contribution in [-0.4, -0.2) is 11.6 Å². The van der Waals surface area contributed by atoms with Crippen LogP contribution >= 0.6 is 22.7 Å². The van der Waals surface area contributed by atoms with Gasteiger partial charge in [0, 0.05) is 31.3 Å². The molecule has 0 bridgehead atoms. The van der Waals surface area contributed by atoms with Gasteiger partial charge in [-0.05, 0) is 124 Å². The van der Waals surface area contributed by atoms with Gasteiger partial charge in [0.25, 0.3) is 0 Å². The third-order valence-electron chi connectivity index (χ3n) is 20.5. The number of ketones is 2. The molecule has 422 valence electrons. The quantitative estimate of drug-likeness (QED) is 0.0621. The van der Waals surface area contributed by atoms with Gasteiger partial charge in [-0.2, -0.15) is 0 Å². The summed E-state index contributed by atoms with van der Waals surface area (Å²) in [6.45, 7) is 13.8. The van der Waals surface area contributed by atoms with Crippen LogP contribution in [0, 0.1) is 73.0 Å². The molecule has 2 aromatic heterocycles. The summed E-state index contributed by atoms with van der Waals surface area (Å²) in [5, 5.41) is 0. The van der Waals surface area contributed by atoms with Crippen molar-refractivity contribution in [2.24, 2.45) is 59.2 Å². The molecule has 4 aliphatic rings. The minimum absolute atomic E-state index is 0.0676. The molecule has 4 fully saturated rings. The lowest BCUT2D eigenvalue weighted by atomic mass is 9.50. The first-order chi connectivity index (χ1) is 36.3. The Labute approximate surface area is 467 Å². The Hall–Kier alpha value is -1.26. The molecule has 0 radical (unpaired) electrons. The summed E-state index contributed by atoms with van der Waals surface area (Å²) in [6, 6.07) is 9.21. The average molecular weight is 1060 g/mol. The van der Waals surface area contributed by atoms with Crippen molar-refractivity contribution in [2.75, 3.05) is 0 Å². The molecule has 0 aliphatic heterocycles. The van der Waals surface area contributed by atoms with E-state index in [9.17, 15) is 0 Å². The maximum Gasteiger partial charge on any atom is 0.144 e. The number of thiophene rings is 2. The first kappa shape index (κ1) is 61.9. The highest BCUT2D eigenvalue weighted by Gasteiger charge is 2.62. The van der Waals surface area contributed by atoms with Crippen LogP contribution in [0.2, 0.25) is 0 Å². The van der Waals surface area contributed by atoms with Crippen LogP contribution in [0.5, 0.6) is 0 Å². The zero-order valence-corrected chi connectivity index (χ0v) is 51.2. The van der Waals surface area contributed by atoms with Gasteiger partial charge in [-0.25, -0.2) is 0 Å². The lowest BCUT2D eigenvalue weighted by Crippen LogP contribution is -2.50. The van der Waals surface area contributed by atoms with Crippen molar-refractivity contribution in [3.63, 3.8) is 0 Å². The molecule has 74 heavy (non-hydrogen) atoms. The Bertz CT molecular complexity index is 1660. The van der Waals surface area contributed by atoms with Gasteiger partial charge >= 0.3 is 0 Å². The number of hydrogen-bond donors (Lipinski definition) is 0. The zero-order chi connectivity index (χ0) is 52.3. The Kier molecular flexibility index (Phi) is 29.6. The van der Waals surface area contributed by atoms with E-state index in [2.05, 4.69) is 65.8 Å². The average Bonchev–Trinajstić information content (AvgIpc) is 4.21. The molecule has 0 amide bonds. The summed E-state index contributed by atoms with van der Waals surface area (Å²) in [7, 11) is 0. The van der Waals surface area contributed by atoms with E-state index >= 15 is 9.59 Å². The first-order valence-electron chi connectivity index (χ1n) is 33.5. The summed E-state index contributed by atoms with van der Waals surface area (Å²) >= 11 is 3.81. The summed E-state index contributed by atoms with van der Waals surface area (Å²) < 4.78 is 0.